The Kier molecular flexibility index (Phi) is 3.59. The minimum absolute atomic E-state index is 0.350. The number of carbonyl (C=O) groups is 1. The Hall–Kier alpha value is -1.42. The molecule has 1 aromatic carbocycles. The highest BCUT2D eigenvalue weighted by Crippen LogP contribution is 2.12. The Morgan fingerprint density at radius 2 is 2.00 bits per heavy atom. The summed E-state index contributed by atoms with van der Waals surface area (Å²) in [6.45, 7) is -0.412. The fourth-order valence-electron chi connectivity index (χ4n) is 1.14. The maximum Gasteiger partial charge on any atom is 0.325 e. The van der Waals surface area contributed by atoms with Crippen molar-refractivity contribution in [3.63, 3.8) is 0 Å². The Balaban J connectivity index is 2.77. The molecule has 0 heterocycles. The van der Waals surface area contributed by atoms with E-state index in [2.05, 4.69) is 0 Å². The van der Waals surface area contributed by atoms with Crippen LogP contribution < -0.4 is 5.73 Å². The molecule has 0 saturated carbocycles. The summed E-state index contributed by atoms with van der Waals surface area (Å²) in [4.78, 5) is 10.5. The SMILES string of the molecule is NC(C(=O)O)c1ccc(CCF)cc1. The van der Waals surface area contributed by atoms with Crippen LogP contribution in [0, 0.1) is 0 Å². The molecule has 0 aliphatic carbocycles. The van der Waals surface area contributed by atoms with Gasteiger partial charge in [0, 0.05) is 6.42 Å². The third-order valence-electron chi connectivity index (χ3n) is 1.99. The third kappa shape index (κ3) is 2.53. The molecule has 0 saturated heterocycles. The van der Waals surface area contributed by atoms with Crippen molar-refractivity contribution < 1.29 is 14.3 Å². The van der Waals surface area contributed by atoms with Crippen LogP contribution in [-0.2, 0) is 11.2 Å². The average molecular weight is 197 g/mol. The molecular weight excluding hydrogens is 185 g/mol. The zero-order chi connectivity index (χ0) is 10.6. The van der Waals surface area contributed by atoms with Gasteiger partial charge in [-0.25, -0.2) is 0 Å². The molecule has 0 aliphatic rings. The molecule has 1 aromatic rings. The number of nitrogens with two attached hydrogens (primary N) is 1. The van der Waals surface area contributed by atoms with Gasteiger partial charge in [-0.1, -0.05) is 24.3 Å². The highest BCUT2D eigenvalue weighted by atomic mass is 19.1. The normalized spacial score (nSPS) is 12.4. The summed E-state index contributed by atoms with van der Waals surface area (Å²) in [6.07, 6.45) is 0.350. The number of aliphatic carboxylic acids is 1. The summed E-state index contributed by atoms with van der Waals surface area (Å²) in [7, 11) is 0. The van der Waals surface area contributed by atoms with Gasteiger partial charge >= 0.3 is 5.97 Å². The molecule has 0 amide bonds. The van der Waals surface area contributed by atoms with E-state index in [-0.39, 0.29) is 0 Å². The molecule has 0 aliphatic heterocycles. The van der Waals surface area contributed by atoms with Crippen molar-refractivity contribution in [1.82, 2.24) is 0 Å². The first kappa shape index (κ1) is 10.7. The van der Waals surface area contributed by atoms with Crippen LogP contribution in [0.3, 0.4) is 0 Å². The molecule has 0 aromatic heterocycles. The topological polar surface area (TPSA) is 63.3 Å². The number of alkyl halides is 1. The lowest BCUT2D eigenvalue weighted by molar-refractivity contribution is -0.138. The van der Waals surface area contributed by atoms with Crippen molar-refractivity contribution in [3.8, 4) is 0 Å². The molecule has 4 heteroatoms. The van der Waals surface area contributed by atoms with Crippen LogP contribution in [0.5, 0.6) is 0 Å². The molecule has 1 atom stereocenters. The van der Waals surface area contributed by atoms with E-state index < -0.39 is 18.7 Å². The van der Waals surface area contributed by atoms with Crippen LogP contribution in [0.2, 0.25) is 0 Å². The van der Waals surface area contributed by atoms with Crippen molar-refractivity contribution >= 4 is 5.97 Å². The third-order valence-corrected chi connectivity index (χ3v) is 1.99. The van der Waals surface area contributed by atoms with E-state index in [0.717, 1.165) is 5.56 Å². The predicted molar refractivity (Wildman–Crippen MR) is 50.7 cm³/mol. The number of rotatable bonds is 4. The Labute approximate surface area is 81.4 Å². The number of hydrogen-bond donors (Lipinski definition) is 2. The number of benzene rings is 1. The van der Waals surface area contributed by atoms with E-state index in [1.165, 1.54) is 0 Å². The van der Waals surface area contributed by atoms with Gasteiger partial charge in [0.1, 0.15) is 6.04 Å². The molecular formula is C10H12FNO2. The molecule has 0 spiro atoms. The monoisotopic (exact) mass is 197 g/mol. The second-order valence-corrected chi connectivity index (χ2v) is 3.00. The van der Waals surface area contributed by atoms with Crippen LogP contribution in [0.1, 0.15) is 17.2 Å². The van der Waals surface area contributed by atoms with Gasteiger partial charge in [-0.05, 0) is 11.1 Å². The van der Waals surface area contributed by atoms with E-state index in [1.807, 2.05) is 0 Å². The summed E-state index contributed by atoms with van der Waals surface area (Å²) >= 11 is 0. The molecule has 14 heavy (non-hydrogen) atoms. The quantitative estimate of drug-likeness (QED) is 0.764. The highest BCUT2D eigenvalue weighted by molar-refractivity contribution is 5.75. The number of aryl methyl sites for hydroxylation is 1. The standard InChI is InChI=1S/C10H12FNO2/c11-6-5-7-1-3-8(4-2-7)9(12)10(13)14/h1-4,9H,5-6,12H2,(H,13,14). The fraction of sp³-hybridized carbons (Fsp3) is 0.300. The van der Waals surface area contributed by atoms with Gasteiger partial charge in [0.25, 0.3) is 0 Å². The van der Waals surface area contributed by atoms with Crippen LogP contribution in [0.15, 0.2) is 24.3 Å². The van der Waals surface area contributed by atoms with Crippen LogP contribution in [-0.4, -0.2) is 17.8 Å². The summed E-state index contributed by atoms with van der Waals surface area (Å²) in [5.41, 5.74) is 6.76. The molecule has 0 radical (unpaired) electrons. The van der Waals surface area contributed by atoms with Gasteiger partial charge < -0.3 is 10.8 Å². The second kappa shape index (κ2) is 4.72. The Morgan fingerprint density at radius 3 is 2.43 bits per heavy atom. The predicted octanol–water partition coefficient (Wildman–Crippen LogP) is 1.28. The maximum atomic E-state index is 11.9. The van der Waals surface area contributed by atoms with Crippen molar-refractivity contribution in [1.29, 1.82) is 0 Å². The van der Waals surface area contributed by atoms with Gasteiger partial charge in [-0.15, -0.1) is 0 Å². The number of hydrogen-bond acceptors (Lipinski definition) is 2. The van der Waals surface area contributed by atoms with Crippen molar-refractivity contribution in [2.45, 2.75) is 12.5 Å². The number of carboxylic acid groups (broad SMARTS) is 1. The summed E-state index contributed by atoms with van der Waals surface area (Å²) < 4.78 is 11.9. The van der Waals surface area contributed by atoms with E-state index in [1.54, 1.807) is 24.3 Å². The molecule has 76 valence electrons. The van der Waals surface area contributed by atoms with Crippen LogP contribution >= 0.6 is 0 Å². The first-order valence-electron chi connectivity index (χ1n) is 4.28. The minimum atomic E-state index is -1.07. The maximum absolute atomic E-state index is 11.9. The fourth-order valence-corrected chi connectivity index (χ4v) is 1.14. The molecule has 1 unspecified atom stereocenters. The average Bonchev–Trinajstić information content (AvgIpc) is 2.18. The second-order valence-electron chi connectivity index (χ2n) is 3.00. The van der Waals surface area contributed by atoms with Crippen LogP contribution in [0.4, 0.5) is 4.39 Å². The Bertz CT molecular complexity index is 310. The first-order valence-corrected chi connectivity index (χ1v) is 4.28. The van der Waals surface area contributed by atoms with E-state index in [9.17, 15) is 9.18 Å². The van der Waals surface area contributed by atoms with Gasteiger partial charge in [0.2, 0.25) is 0 Å². The van der Waals surface area contributed by atoms with Gasteiger partial charge in [-0.2, -0.15) is 0 Å². The molecule has 3 N–H and O–H groups in total. The minimum Gasteiger partial charge on any atom is -0.480 e. The van der Waals surface area contributed by atoms with Crippen molar-refractivity contribution in [3.05, 3.63) is 35.4 Å². The largest absolute Gasteiger partial charge is 0.480 e. The molecule has 3 nitrogen and oxygen atoms in total. The first-order chi connectivity index (χ1) is 6.65. The van der Waals surface area contributed by atoms with E-state index in [0.29, 0.717) is 12.0 Å². The summed E-state index contributed by atoms with van der Waals surface area (Å²) in [6, 6.07) is 5.61. The van der Waals surface area contributed by atoms with Gasteiger partial charge in [-0.3, -0.25) is 9.18 Å². The highest BCUT2D eigenvalue weighted by Gasteiger charge is 2.13. The van der Waals surface area contributed by atoms with Crippen molar-refractivity contribution in [2.75, 3.05) is 6.67 Å². The molecule has 0 bridgehead atoms. The number of carboxylic acids is 1. The number of halogens is 1. The van der Waals surface area contributed by atoms with Gasteiger partial charge in [0.05, 0.1) is 6.67 Å². The zero-order valence-electron chi connectivity index (χ0n) is 7.61. The lowest BCUT2D eigenvalue weighted by Gasteiger charge is -2.06. The van der Waals surface area contributed by atoms with E-state index in [4.69, 9.17) is 10.8 Å². The lowest BCUT2D eigenvalue weighted by Crippen LogP contribution is -2.20. The summed E-state index contributed by atoms with van der Waals surface area (Å²) in [5.74, 6) is -1.07. The van der Waals surface area contributed by atoms with Crippen LogP contribution in [0.25, 0.3) is 0 Å². The van der Waals surface area contributed by atoms with E-state index >= 15 is 0 Å². The molecule has 0 fully saturated rings. The zero-order valence-corrected chi connectivity index (χ0v) is 7.61. The van der Waals surface area contributed by atoms with Crippen molar-refractivity contribution in [2.24, 2.45) is 5.73 Å². The Morgan fingerprint density at radius 1 is 1.43 bits per heavy atom. The smallest absolute Gasteiger partial charge is 0.325 e. The summed E-state index contributed by atoms with van der Waals surface area (Å²) in [5, 5.41) is 8.62. The molecule has 1 rings (SSSR count). The lowest BCUT2D eigenvalue weighted by atomic mass is 10.0. The van der Waals surface area contributed by atoms with Gasteiger partial charge in [0.15, 0.2) is 0 Å².